The quantitative estimate of drug-likeness (QED) is 0.138. The lowest BCUT2D eigenvalue weighted by Gasteiger charge is -2.44. The lowest BCUT2D eigenvalue weighted by Crippen LogP contribution is -2.62. The van der Waals surface area contributed by atoms with Crippen molar-refractivity contribution in [3.63, 3.8) is 0 Å². The summed E-state index contributed by atoms with van der Waals surface area (Å²) in [5.41, 5.74) is 5.21. The number of carboxylic acids is 1. The van der Waals surface area contributed by atoms with Crippen molar-refractivity contribution in [3.8, 4) is 12.1 Å². The Morgan fingerprint density at radius 3 is 1.51 bits per heavy atom. The Kier molecular flexibility index (Phi) is 13.9. The lowest BCUT2D eigenvalue weighted by atomic mass is 9.97. The van der Waals surface area contributed by atoms with Gasteiger partial charge in [-0.15, -0.1) is 0 Å². The van der Waals surface area contributed by atoms with Gasteiger partial charge >= 0.3 is 5.97 Å². The molecule has 2 saturated heterocycles. The number of pyridine rings is 4. The van der Waals surface area contributed by atoms with Crippen LogP contribution in [-0.4, -0.2) is 105 Å². The predicted octanol–water partition coefficient (Wildman–Crippen LogP) is 1.50. The van der Waals surface area contributed by atoms with Crippen LogP contribution >= 0.6 is 0 Å². The Balaban J connectivity index is 0.000000184. The molecule has 4 aromatic heterocycles. The molecule has 2 aliphatic heterocycles. The minimum Gasteiger partial charge on any atom is -0.477 e. The van der Waals surface area contributed by atoms with E-state index in [0.717, 1.165) is 15.7 Å². The van der Waals surface area contributed by atoms with Gasteiger partial charge in [-0.25, -0.2) is 14.8 Å². The smallest absolute Gasteiger partial charge is 0.341 e. The van der Waals surface area contributed by atoms with Gasteiger partial charge in [0, 0.05) is 36.3 Å². The van der Waals surface area contributed by atoms with Crippen LogP contribution in [0.2, 0.25) is 0 Å². The van der Waals surface area contributed by atoms with E-state index in [1.54, 1.807) is 74.5 Å². The van der Waals surface area contributed by atoms with Crippen LogP contribution < -0.4 is 22.2 Å². The number of benzene rings is 2. The first-order chi connectivity index (χ1) is 30.9. The summed E-state index contributed by atoms with van der Waals surface area (Å²) in [5.74, 6) is -2.62. The largest absolute Gasteiger partial charge is 0.477 e. The Labute approximate surface area is 370 Å². The summed E-state index contributed by atoms with van der Waals surface area (Å²) >= 11 is 0. The summed E-state index contributed by atoms with van der Waals surface area (Å²) in [7, 11) is 0. The monoisotopic (exact) mass is 880 g/mol. The highest BCUT2D eigenvalue weighted by molar-refractivity contribution is 5.97. The molecule has 0 atom stereocenters. The predicted molar refractivity (Wildman–Crippen MR) is 235 cm³/mol. The van der Waals surface area contributed by atoms with Gasteiger partial charge in [0.15, 0.2) is 0 Å². The Morgan fingerprint density at radius 2 is 1.11 bits per heavy atom. The summed E-state index contributed by atoms with van der Waals surface area (Å²) < 4.78 is 2.26. The number of carboxylic acid groups (broad SMARTS) is 1. The molecular weight excluding hydrogens is 837 g/mol. The topological polar surface area (TPSA) is 291 Å². The second-order valence-corrected chi connectivity index (χ2v) is 16.0. The molecule has 8 rings (SSSR count). The lowest BCUT2D eigenvalue weighted by molar-refractivity contribution is -0.153. The number of nitrogens with two attached hydrogens (primary N) is 1. The zero-order chi connectivity index (χ0) is 47.1. The molecule has 0 aliphatic carbocycles. The van der Waals surface area contributed by atoms with Crippen LogP contribution in [0.3, 0.4) is 0 Å². The molecule has 6 aromatic rings. The number of amides is 3. The van der Waals surface area contributed by atoms with Crippen molar-refractivity contribution in [1.82, 2.24) is 34.2 Å². The maximum absolute atomic E-state index is 13.1. The van der Waals surface area contributed by atoms with E-state index in [1.807, 2.05) is 24.3 Å². The molecule has 3 amide bonds. The summed E-state index contributed by atoms with van der Waals surface area (Å²) in [6.45, 7) is 4.12. The first-order valence-electron chi connectivity index (χ1n) is 20.1. The van der Waals surface area contributed by atoms with Crippen LogP contribution in [0.1, 0.15) is 56.8 Å². The van der Waals surface area contributed by atoms with Crippen molar-refractivity contribution in [2.45, 2.75) is 51.2 Å². The van der Waals surface area contributed by atoms with E-state index in [0.29, 0.717) is 34.1 Å². The van der Waals surface area contributed by atoms with Crippen molar-refractivity contribution in [3.05, 3.63) is 151 Å². The molecule has 19 nitrogen and oxygen atoms in total. The number of fused-ring (bicyclic) bond motifs is 2. The average Bonchev–Trinajstić information content (AvgIpc) is 3.28. The molecule has 19 heteroatoms. The van der Waals surface area contributed by atoms with Gasteiger partial charge < -0.3 is 36.2 Å². The number of β-amino-alcohol motifs (C(OH)–C–C–N with tert-alkyl or cyclic N) is 2. The van der Waals surface area contributed by atoms with Crippen LogP contribution in [0.15, 0.2) is 107 Å². The third-order valence-electron chi connectivity index (χ3n) is 10.4. The van der Waals surface area contributed by atoms with Gasteiger partial charge in [-0.2, -0.15) is 10.5 Å². The average molecular weight is 881 g/mol. The van der Waals surface area contributed by atoms with Crippen LogP contribution in [-0.2, 0) is 35.8 Å². The Morgan fingerprint density at radius 1 is 0.692 bits per heavy atom. The maximum atomic E-state index is 13.1. The van der Waals surface area contributed by atoms with E-state index in [9.17, 15) is 39.0 Å². The van der Waals surface area contributed by atoms with Crippen molar-refractivity contribution in [2.75, 3.05) is 26.2 Å². The van der Waals surface area contributed by atoms with E-state index < -0.39 is 39.8 Å². The Hall–Kier alpha value is -8.10. The number of carbonyl (C=O) groups excluding carboxylic acids is 3. The van der Waals surface area contributed by atoms with Crippen LogP contribution in [0.4, 0.5) is 0 Å². The fourth-order valence-corrected chi connectivity index (χ4v) is 7.09. The molecule has 6 N–H and O–H groups in total. The first kappa shape index (κ1) is 46.4. The summed E-state index contributed by atoms with van der Waals surface area (Å²) in [6.07, 6.45) is 2.99. The number of nitrogens with zero attached hydrogens (tertiary/aromatic N) is 8. The molecule has 0 spiro atoms. The SMILES string of the molecule is CC1(O)CN(C(=O)Cn2c(=O)c(C(=O)NCc3ccc(C#N)cc3)cc3cccnc32)C1.CC1(O)CN(C(=O)Cn2c(=O)c(C(=O)O)cc3cccnc32)C1.N#Cc1ccc(CN)cc1. The number of aromatic carboxylic acids is 1. The van der Waals surface area contributed by atoms with Crippen molar-refractivity contribution < 1.29 is 34.5 Å². The summed E-state index contributed by atoms with van der Waals surface area (Å²) in [4.78, 5) is 85.5. The third kappa shape index (κ3) is 11.1. The van der Waals surface area contributed by atoms with Crippen molar-refractivity contribution in [1.29, 1.82) is 10.5 Å². The zero-order valence-electron chi connectivity index (χ0n) is 35.3. The molecule has 65 heavy (non-hydrogen) atoms. The van der Waals surface area contributed by atoms with Crippen LogP contribution in [0.25, 0.3) is 22.1 Å². The molecule has 2 aliphatic rings. The molecular formula is C46H44N10O9. The van der Waals surface area contributed by atoms with Crippen LogP contribution in [0, 0.1) is 22.7 Å². The van der Waals surface area contributed by atoms with E-state index in [-0.39, 0.29) is 68.8 Å². The molecule has 2 fully saturated rings. The van der Waals surface area contributed by atoms with Gasteiger partial charge in [-0.1, -0.05) is 24.3 Å². The molecule has 0 radical (unpaired) electrons. The molecule has 0 saturated carbocycles. The van der Waals surface area contributed by atoms with Crippen molar-refractivity contribution >= 4 is 45.8 Å². The van der Waals surface area contributed by atoms with Gasteiger partial charge in [0.05, 0.1) is 60.6 Å². The number of nitriles is 2. The highest BCUT2D eigenvalue weighted by atomic mass is 16.4. The summed E-state index contributed by atoms with van der Waals surface area (Å²) in [5, 5.41) is 49.8. The number of aliphatic hydroxyl groups is 2. The maximum Gasteiger partial charge on any atom is 0.341 e. The first-order valence-corrected chi connectivity index (χ1v) is 20.1. The van der Waals surface area contributed by atoms with E-state index in [1.165, 1.54) is 38.9 Å². The second kappa shape index (κ2) is 19.5. The molecule has 332 valence electrons. The van der Waals surface area contributed by atoms with E-state index >= 15 is 0 Å². The summed E-state index contributed by atoms with van der Waals surface area (Å²) in [6, 6.07) is 27.4. The molecule has 0 unspecified atom stereocenters. The molecule has 6 heterocycles. The fourth-order valence-electron chi connectivity index (χ4n) is 7.09. The van der Waals surface area contributed by atoms with Gasteiger partial charge in [0.2, 0.25) is 11.8 Å². The van der Waals surface area contributed by atoms with Gasteiger partial charge in [-0.3, -0.25) is 33.1 Å². The van der Waals surface area contributed by atoms with Crippen LogP contribution in [0.5, 0.6) is 0 Å². The van der Waals surface area contributed by atoms with E-state index in [2.05, 4.69) is 15.3 Å². The fraction of sp³-hybridized carbons (Fsp3) is 0.261. The highest BCUT2D eigenvalue weighted by Gasteiger charge is 2.40. The number of likely N-dealkylation sites (tertiary alicyclic amines) is 2. The van der Waals surface area contributed by atoms with Gasteiger partial charge in [-0.05, 0) is 85.6 Å². The normalized spacial score (nSPS) is 14.2. The van der Waals surface area contributed by atoms with Gasteiger partial charge in [0.1, 0.15) is 35.5 Å². The number of hydrogen-bond acceptors (Lipinski definition) is 13. The molecule has 2 aromatic carbocycles. The number of hydrogen-bond donors (Lipinski definition) is 5. The third-order valence-corrected chi connectivity index (χ3v) is 10.4. The number of nitrogens with one attached hydrogen (secondary N) is 1. The van der Waals surface area contributed by atoms with E-state index in [4.69, 9.17) is 21.4 Å². The second-order valence-electron chi connectivity index (χ2n) is 16.0. The Bertz CT molecular complexity index is 2990. The number of aromatic nitrogens is 4. The van der Waals surface area contributed by atoms with Crippen molar-refractivity contribution in [2.24, 2.45) is 5.73 Å². The highest BCUT2D eigenvalue weighted by Crippen LogP contribution is 2.22. The standard InChI is InChI=1S/C23H21N5O4.C15H15N3O5.C8H8N2/c1-23(32)13-27(14-23)19(29)12-28-20-17(3-2-8-25-20)9-18(22(28)31)21(30)26-11-16-6-4-15(10-24)5-7-16;1-15(23)7-17(8-15)11(19)6-18-12-9(3-2-4-16-12)5-10(13(18)20)14(21)22;9-5-7-1-2-8(6-10)4-3-7/h2-9,32H,11-14H2,1H3,(H,26,30);2-5,23H,6-8H2,1H3,(H,21,22);1-4H,5,9H2. The number of rotatable bonds is 9. The number of carbonyl (C=O) groups is 4. The minimum atomic E-state index is -1.35. The van der Waals surface area contributed by atoms with Gasteiger partial charge in [0.25, 0.3) is 17.0 Å². The zero-order valence-corrected chi connectivity index (χ0v) is 35.3. The molecule has 0 bridgehead atoms. The minimum absolute atomic E-state index is 0.0949.